The third kappa shape index (κ3) is 2.89. The van der Waals surface area contributed by atoms with Crippen molar-refractivity contribution in [2.75, 3.05) is 13.2 Å². The Bertz CT molecular complexity index is 398. The van der Waals surface area contributed by atoms with Crippen LogP contribution in [0, 0.1) is 23.2 Å². The van der Waals surface area contributed by atoms with Crippen LogP contribution in [0.4, 0.5) is 0 Å². The Labute approximate surface area is 139 Å². The molecular weight excluding hydrogens is 292 g/mol. The van der Waals surface area contributed by atoms with Crippen LogP contribution in [0.25, 0.3) is 0 Å². The summed E-state index contributed by atoms with van der Waals surface area (Å²) in [5, 5.41) is 7.84. The highest BCUT2D eigenvalue weighted by Gasteiger charge is 2.53. The maximum atomic E-state index is 5.66. The smallest absolute Gasteiger partial charge is 0.166 e. The van der Waals surface area contributed by atoms with Crippen LogP contribution >= 0.6 is 12.2 Å². The molecule has 4 heteroatoms. The Morgan fingerprint density at radius 1 is 1.18 bits per heavy atom. The summed E-state index contributed by atoms with van der Waals surface area (Å²) in [6.45, 7) is 4.14. The second-order valence-corrected chi connectivity index (χ2v) is 8.90. The molecule has 1 saturated heterocycles. The van der Waals surface area contributed by atoms with E-state index >= 15 is 0 Å². The van der Waals surface area contributed by atoms with Gasteiger partial charge in [0.2, 0.25) is 0 Å². The molecule has 124 valence electrons. The molecule has 5 aliphatic rings. The second-order valence-electron chi connectivity index (χ2n) is 8.49. The molecule has 5 rings (SSSR count). The molecule has 0 aromatic heterocycles. The molecule has 2 N–H and O–H groups in total. The van der Waals surface area contributed by atoms with E-state index in [1.54, 1.807) is 0 Å². The van der Waals surface area contributed by atoms with Gasteiger partial charge in [0.05, 0.1) is 6.10 Å². The van der Waals surface area contributed by atoms with E-state index in [0.717, 1.165) is 36.0 Å². The third-order valence-corrected chi connectivity index (χ3v) is 7.13. The fraction of sp³-hybridized carbons (Fsp3) is 0.944. The van der Waals surface area contributed by atoms with E-state index in [0.29, 0.717) is 17.6 Å². The van der Waals surface area contributed by atoms with E-state index in [-0.39, 0.29) is 0 Å². The van der Waals surface area contributed by atoms with Gasteiger partial charge in [-0.05, 0) is 93.7 Å². The van der Waals surface area contributed by atoms with Gasteiger partial charge in [-0.1, -0.05) is 0 Å². The van der Waals surface area contributed by atoms with Gasteiger partial charge in [-0.15, -0.1) is 0 Å². The molecule has 4 bridgehead atoms. The number of ether oxygens (including phenoxy) is 1. The van der Waals surface area contributed by atoms with E-state index in [9.17, 15) is 0 Å². The lowest BCUT2D eigenvalue weighted by Gasteiger charge is -2.59. The van der Waals surface area contributed by atoms with Crippen LogP contribution in [-0.2, 0) is 4.74 Å². The minimum atomic E-state index is 0.356. The van der Waals surface area contributed by atoms with Gasteiger partial charge >= 0.3 is 0 Å². The normalized spacial score (nSPS) is 44.0. The second kappa shape index (κ2) is 5.94. The highest BCUT2D eigenvalue weighted by Crippen LogP contribution is 2.61. The molecule has 0 aromatic rings. The van der Waals surface area contributed by atoms with Crippen LogP contribution in [-0.4, -0.2) is 30.4 Å². The molecule has 0 radical (unpaired) electrons. The van der Waals surface area contributed by atoms with E-state index in [1.807, 2.05) is 0 Å². The molecule has 22 heavy (non-hydrogen) atoms. The molecule has 3 nitrogen and oxygen atoms in total. The Hall–Kier alpha value is -0.350. The molecule has 0 spiro atoms. The molecular formula is C18H30N2OS. The van der Waals surface area contributed by atoms with Crippen molar-refractivity contribution in [2.45, 2.75) is 70.4 Å². The van der Waals surface area contributed by atoms with Crippen molar-refractivity contribution in [2.24, 2.45) is 23.2 Å². The number of thiocarbonyl (C=S) groups is 1. The summed E-state index contributed by atoms with van der Waals surface area (Å²) in [6.07, 6.45) is 11.5. The van der Waals surface area contributed by atoms with E-state index in [1.165, 1.54) is 51.4 Å². The SMILES string of the molecule is CC(NC(=S)NCC1CCCO1)C12CC3CC(CC(C3)C1)C2. The van der Waals surface area contributed by atoms with Crippen molar-refractivity contribution in [1.29, 1.82) is 0 Å². The fourth-order valence-corrected chi connectivity index (χ4v) is 6.38. The fourth-order valence-electron chi connectivity index (χ4n) is 6.12. The zero-order valence-corrected chi connectivity index (χ0v) is 14.6. The first kappa shape index (κ1) is 15.2. The lowest BCUT2D eigenvalue weighted by Crippen LogP contribution is -2.57. The van der Waals surface area contributed by atoms with Crippen LogP contribution in [0.1, 0.15) is 58.3 Å². The summed E-state index contributed by atoms with van der Waals surface area (Å²) < 4.78 is 5.66. The minimum Gasteiger partial charge on any atom is -0.376 e. The summed E-state index contributed by atoms with van der Waals surface area (Å²) in [6, 6.07) is 0.505. The molecule has 1 aliphatic heterocycles. The quantitative estimate of drug-likeness (QED) is 0.779. The lowest BCUT2D eigenvalue weighted by atomic mass is 9.48. The average Bonchev–Trinajstić information content (AvgIpc) is 2.97. The molecule has 5 fully saturated rings. The highest BCUT2D eigenvalue weighted by molar-refractivity contribution is 7.80. The van der Waals surface area contributed by atoms with E-state index < -0.39 is 0 Å². The van der Waals surface area contributed by atoms with Crippen molar-refractivity contribution in [1.82, 2.24) is 10.6 Å². The number of rotatable bonds is 4. The van der Waals surface area contributed by atoms with Crippen LogP contribution in [0.2, 0.25) is 0 Å². The Morgan fingerprint density at radius 3 is 2.36 bits per heavy atom. The van der Waals surface area contributed by atoms with Crippen LogP contribution in [0.15, 0.2) is 0 Å². The molecule has 1 heterocycles. The molecule has 2 unspecified atom stereocenters. The van der Waals surface area contributed by atoms with Gasteiger partial charge in [0, 0.05) is 19.2 Å². The first-order valence-electron chi connectivity index (χ1n) is 9.29. The summed E-state index contributed by atoms with van der Waals surface area (Å²) in [5.41, 5.74) is 0.518. The standard InChI is InChI=1S/C18H30N2OS/c1-12(20-17(22)19-11-16-3-2-4-21-16)18-8-13-5-14(9-18)7-15(6-13)10-18/h12-16H,2-11H2,1H3,(H2,19,20,22). The van der Waals surface area contributed by atoms with Gasteiger partial charge in [0.1, 0.15) is 0 Å². The first-order chi connectivity index (χ1) is 10.6. The monoisotopic (exact) mass is 322 g/mol. The van der Waals surface area contributed by atoms with Crippen molar-refractivity contribution in [3.63, 3.8) is 0 Å². The van der Waals surface area contributed by atoms with Crippen LogP contribution in [0.3, 0.4) is 0 Å². The van der Waals surface area contributed by atoms with Crippen molar-refractivity contribution in [3.8, 4) is 0 Å². The molecule has 4 saturated carbocycles. The summed E-state index contributed by atoms with van der Waals surface area (Å²) in [5.74, 6) is 3.01. The average molecular weight is 323 g/mol. The van der Waals surface area contributed by atoms with Gasteiger partial charge in [-0.25, -0.2) is 0 Å². The van der Waals surface area contributed by atoms with Crippen molar-refractivity contribution < 1.29 is 4.74 Å². The molecule has 2 atom stereocenters. The number of hydrogen-bond donors (Lipinski definition) is 2. The zero-order chi connectivity index (χ0) is 15.2. The summed E-state index contributed by atoms with van der Waals surface area (Å²) in [7, 11) is 0. The summed E-state index contributed by atoms with van der Waals surface area (Å²) in [4.78, 5) is 0. The third-order valence-electron chi connectivity index (χ3n) is 6.87. The predicted octanol–water partition coefficient (Wildman–Crippen LogP) is 3.23. The highest BCUT2D eigenvalue weighted by atomic mass is 32.1. The summed E-state index contributed by atoms with van der Waals surface area (Å²) >= 11 is 5.54. The maximum absolute atomic E-state index is 5.66. The Kier molecular flexibility index (Phi) is 4.10. The first-order valence-corrected chi connectivity index (χ1v) is 9.70. The Balaban J connectivity index is 1.31. The Morgan fingerprint density at radius 2 is 1.82 bits per heavy atom. The lowest BCUT2D eigenvalue weighted by molar-refractivity contribution is -0.0672. The van der Waals surface area contributed by atoms with Crippen LogP contribution < -0.4 is 10.6 Å². The van der Waals surface area contributed by atoms with Gasteiger partial charge in [0.15, 0.2) is 5.11 Å². The van der Waals surface area contributed by atoms with E-state index in [4.69, 9.17) is 17.0 Å². The van der Waals surface area contributed by atoms with E-state index in [2.05, 4.69) is 17.6 Å². The van der Waals surface area contributed by atoms with Gasteiger partial charge in [0.25, 0.3) is 0 Å². The maximum Gasteiger partial charge on any atom is 0.166 e. The number of nitrogens with one attached hydrogen (secondary N) is 2. The largest absolute Gasteiger partial charge is 0.376 e. The van der Waals surface area contributed by atoms with Crippen molar-refractivity contribution >= 4 is 17.3 Å². The molecule has 0 amide bonds. The molecule has 0 aromatic carbocycles. The number of hydrogen-bond acceptors (Lipinski definition) is 2. The predicted molar refractivity (Wildman–Crippen MR) is 92.8 cm³/mol. The van der Waals surface area contributed by atoms with Gasteiger partial charge in [-0.3, -0.25) is 0 Å². The minimum absolute atomic E-state index is 0.356. The van der Waals surface area contributed by atoms with Gasteiger partial charge in [-0.2, -0.15) is 0 Å². The van der Waals surface area contributed by atoms with Gasteiger partial charge < -0.3 is 15.4 Å². The van der Waals surface area contributed by atoms with Crippen molar-refractivity contribution in [3.05, 3.63) is 0 Å². The zero-order valence-electron chi connectivity index (χ0n) is 13.8. The topological polar surface area (TPSA) is 33.3 Å². The molecule has 4 aliphatic carbocycles. The van der Waals surface area contributed by atoms with Crippen LogP contribution in [0.5, 0.6) is 0 Å².